The molecule has 0 radical (unpaired) electrons. The second-order valence-corrected chi connectivity index (χ2v) is 8.07. The van der Waals surface area contributed by atoms with Crippen LogP contribution in [0, 0.1) is 0 Å². The molecule has 21 heavy (non-hydrogen) atoms. The fourth-order valence-electron chi connectivity index (χ4n) is 3.33. The molecule has 0 aromatic carbocycles. The lowest BCUT2D eigenvalue weighted by atomic mass is 10.00. The fourth-order valence-corrected chi connectivity index (χ4v) is 5.63. The number of rotatable bonds is 4. The Morgan fingerprint density at radius 1 is 1.38 bits per heavy atom. The molecule has 3 heterocycles. The summed E-state index contributed by atoms with van der Waals surface area (Å²) in [5.74, 6) is 0.452. The molecule has 0 amide bonds. The second kappa shape index (κ2) is 6.00. The van der Waals surface area contributed by atoms with E-state index in [1.54, 1.807) is 0 Å². The van der Waals surface area contributed by atoms with Crippen molar-refractivity contribution < 1.29 is 12.8 Å². The van der Waals surface area contributed by atoms with Crippen LogP contribution in [-0.2, 0) is 16.6 Å². The van der Waals surface area contributed by atoms with E-state index in [2.05, 4.69) is 25.6 Å². The second-order valence-electron chi connectivity index (χ2n) is 5.67. The lowest BCUT2D eigenvalue weighted by Crippen LogP contribution is -2.46. The molecule has 0 spiro atoms. The third-order valence-corrected chi connectivity index (χ3v) is 6.71. The van der Waals surface area contributed by atoms with Gasteiger partial charge in [0.1, 0.15) is 10.7 Å². The Balaban J connectivity index is 1.78. The highest BCUT2D eigenvalue weighted by Crippen LogP contribution is 2.30. The monoisotopic (exact) mass is 377 g/mol. The van der Waals surface area contributed by atoms with Gasteiger partial charge in [0.25, 0.3) is 0 Å². The summed E-state index contributed by atoms with van der Waals surface area (Å²) in [7, 11) is -3.59. The van der Waals surface area contributed by atoms with Gasteiger partial charge < -0.3 is 10.2 Å². The lowest BCUT2D eigenvalue weighted by molar-refractivity contribution is 0.186. The third-order valence-electron chi connectivity index (χ3n) is 4.36. The van der Waals surface area contributed by atoms with E-state index in [1.165, 1.54) is 18.9 Å². The first-order valence-electron chi connectivity index (χ1n) is 7.26. The molecule has 2 saturated heterocycles. The fraction of sp³-hybridized carbons (Fsp3) is 0.692. The Hall–Kier alpha value is -0.410. The molecule has 2 aliphatic heterocycles. The average Bonchev–Trinajstić information content (AvgIpc) is 3.03. The van der Waals surface area contributed by atoms with Gasteiger partial charge in [-0.05, 0) is 41.7 Å². The summed E-state index contributed by atoms with van der Waals surface area (Å²) < 4.78 is 33.5. The molecular formula is C13H20BrN3O3S. The topological polar surface area (TPSA) is 88.6 Å². The number of nitrogens with one attached hydrogen (secondary N) is 1. The number of halogens is 1. The van der Waals surface area contributed by atoms with Gasteiger partial charge in [-0.3, -0.25) is 4.90 Å². The molecule has 1 aromatic heterocycles. The summed E-state index contributed by atoms with van der Waals surface area (Å²) >= 11 is 3.16. The summed E-state index contributed by atoms with van der Waals surface area (Å²) in [6.07, 6.45) is 4.31. The van der Waals surface area contributed by atoms with Crippen molar-refractivity contribution in [3.63, 3.8) is 0 Å². The van der Waals surface area contributed by atoms with E-state index in [1.807, 2.05) is 0 Å². The van der Waals surface area contributed by atoms with Gasteiger partial charge in [0.05, 0.1) is 6.54 Å². The van der Waals surface area contributed by atoms with Crippen LogP contribution >= 0.6 is 15.9 Å². The predicted molar refractivity (Wildman–Crippen MR) is 82.2 cm³/mol. The molecule has 2 unspecified atom stereocenters. The SMILES string of the molecule is NCc1cc(S(=O)(=O)NC2CCN3CCCCC23)c(Br)o1. The number of hydrogen-bond donors (Lipinski definition) is 2. The minimum atomic E-state index is -3.59. The van der Waals surface area contributed by atoms with Crippen LogP contribution < -0.4 is 10.5 Å². The molecule has 0 bridgehead atoms. The van der Waals surface area contributed by atoms with Gasteiger partial charge in [0, 0.05) is 24.7 Å². The zero-order valence-corrected chi connectivity index (χ0v) is 14.1. The number of furan rings is 1. The van der Waals surface area contributed by atoms with Crippen LogP contribution in [0.1, 0.15) is 31.4 Å². The molecule has 2 atom stereocenters. The van der Waals surface area contributed by atoms with Crippen LogP contribution in [0.4, 0.5) is 0 Å². The van der Waals surface area contributed by atoms with Gasteiger partial charge in [-0.25, -0.2) is 13.1 Å². The first-order chi connectivity index (χ1) is 10.0. The van der Waals surface area contributed by atoms with Gasteiger partial charge in [-0.2, -0.15) is 0 Å². The predicted octanol–water partition coefficient (Wildman–Crippen LogP) is 1.41. The Kier molecular flexibility index (Phi) is 4.42. The summed E-state index contributed by atoms with van der Waals surface area (Å²) in [4.78, 5) is 2.53. The number of fused-ring (bicyclic) bond motifs is 1. The third kappa shape index (κ3) is 3.05. The highest BCUT2D eigenvalue weighted by atomic mass is 79.9. The van der Waals surface area contributed by atoms with E-state index in [4.69, 9.17) is 10.2 Å². The van der Waals surface area contributed by atoms with Crippen LogP contribution in [0.3, 0.4) is 0 Å². The van der Waals surface area contributed by atoms with Crippen LogP contribution in [0.15, 0.2) is 20.0 Å². The van der Waals surface area contributed by atoms with Crippen molar-refractivity contribution in [3.05, 3.63) is 16.5 Å². The van der Waals surface area contributed by atoms with Crippen LogP contribution in [0.2, 0.25) is 0 Å². The van der Waals surface area contributed by atoms with Crippen LogP contribution in [0.25, 0.3) is 0 Å². The van der Waals surface area contributed by atoms with Crippen molar-refractivity contribution in [2.75, 3.05) is 13.1 Å². The molecule has 1 aromatic rings. The van der Waals surface area contributed by atoms with Crippen molar-refractivity contribution in [2.45, 2.75) is 49.2 Å². The lowest BCUT2D eigenvalue weighted by Gasteiger charge is -2.32. The molecule has 2 aliphatic rings. The molecular weight excluding hydrogens is 358 g/mol. The Morgan fingerprint density at radius 3 is 2.90 bits per heavy atom. The quantitative estimate of drug-likeness (QED) is 0.827. The van der Waals surface area contributed by atoms with Gasteiger partial charge in [0.15, 0.2) is 4.67 Å². The van der Waals surface area contributed by atoms with Crippen LogP contribution in [-0.4, -0.2) is 38.5 Å². The maximum atomic E-state index is 12.6. The summed E-state index contributed by atoms with van der Waals surface area (Å²) in [6, 6.07) is 1.80. The number of piperidine rings is 1. The number of sulfonamides is 1. The Morgan fingerprint density at radius 2 is 2.19 bits per heavy atom. The molecule has 0 aliphatic carbocycles. The van der Waals surface area contributed by atoms with E-state index in [0.717, 1.165) is 25.9 Å². The molecule has 6 nitrogen and oxygen atoms in total. The Labute approximate surface area is 133 Å². The van der Waals surface area contributed by atoms with Gasteiger partial charge >= 0.3 is 0 Å². The van der Waals surface area contributed by atoms with Gasteiger partial charge in [-0.15, -0.1) is 0 Å². The highest BCUT2D eigenvalue weighted by Gasteiger charge is 2.38. The first kappa shape index (κ1) is 15.5. The number of hydrogen-bond acceptors (Lipinski definition) is 5. The maximum Gasteiger partial charge on any atom is 0.245 e. The largest absolute Gasteiger partial charge is 0.452 e. The van der Waals surface area contributed by atoms with Crippen molar-refractivity contribution in [1.29, 1.82) is 0 Å². The zero-order valence-electron chi connectivity index (χ0n) is 11.7. The standard InChI is InChI=1S/C13H20BrN3O3S/c14-13-12(7-9(8-15)20-13)21(18,19)16-10-4-6-17-5-2-1-3-11(10)17/h7,10-11,16H,1-6,8,15H2. The van der Waals surface area contributed by atoms with Crippen LogP contribution in [0.5, 0.6) is 0 Å². The summed E-state index contributed by atoms with van der Waals surface area (Å²) in [5, 5.41) is 0. The molecule has 8 heteroatoms. The normalized spacial score (nSPS) is 27.0. The molecule has 0 saturated carbocycles. The van der Waals surface area contributed by atoms with E-state index >= 15 is 0 Å². The van der Waals surface area contributed by atoms with Crippen molar-refractivity contribution in [3.8, 4) is 0 Å². The highest BCUT2D eigenvalue weighted by molar-refractivity contribution is 9.10. The Bertz CT molecular complexity index is 616. The van der Waals surface area contributed by atoms with Crippen molar-refractivity contribution in [2.24, 2.45) is 5.73 Å². The molecule has 2 fully saturated rings. The molecule has 3 rings (SSSR count). The first-order valence-corrected chi connectivity index (χ1v) is 9.53. The van der Waals surface area contributed by atoms with E-state index < -0.39 is 10.0 Å². The van der Waals surface area contributed by atoms with Gasteiger partial charge in [0.2, 0.25) is 10.0 Å². The van der Waals surface area contributed by atoms with Crippen molar-refractivity contribution in [1.82, 2.24) is 9.62 Å². The summed E-state index contributed by atoms with van der Waals surface area (Å²) in [6.45, 7) is 2.22. The number of nitrogens with two attached hydrogens (primary N) is 1. The minimum absolute atomic E-state index is 0.0153. The maximum absolute atomic E-state index is 12.6. The van der Waals surface area contributed by atoms with E-state index in [0.29, 0.717) is 11.8 Å². The average molecular weight is 378 g/mol. The smallest absolute Gasteiger partial charge is 0.245 e. The minimum Gasteiger partial charge on any atom is -0.452 e. The van der Waals surface area contributed by atoms with E-state index in [-0.39, 0.29) is 22.2 Å². The van der Waals surface area contributed by atoms with Gasteiger partial charge in [-0.1, -0.05) is 6.42 Å². The molecule has 118 valence electrons. The molecule has 3 N–H and O–H groups in total. The number of nitrogens with zero attached hydrogens (tertiary/aromatic N) is 1. The summed E-state index contributed by atoms with van der Waals surface area (Å²) in [5.41, 5.74) is 5.49. The van der Waals surface area contributed by atoms with E-state index in [9.17, 15) is 8.42 Å². The zero-order chi connectivity index (χ0) is 15.0. The van der Waals surface area contributed by atoms with Crippen molar-refractivity contribution >= 4 is 26.0 Å².